The van der Waals surface area contributed by atoms with E-state index in [1.165, 1.54) is 25.7 Å². The molecule has 0 saturated carbocycles. The molecule has 2 atom stereocenters. The van der Waals surface area contributed by atoms with Crippen molar-refractivity contribution in [1.82, 2.24) is 21.2 Å². The molecule has 2 saturated heterocycles. The van der Waals surface area contributed by atoms with Crippen molar-refractivity contribution in [2.24, 2.45) is 5.92 Å². The predicted octanol–water partition coefficient (Wildman–Crippen LogP) is 1.97. The van der Waals surface area contributed by atoms with Gasteiger partial charge in [0, 0.05) is 31.9 Å². The van der Waals surface area contributed by atoms with Crippen LogP contribution in [-0.4, -0.2) is 36.1 Å². The molecule has 0 aliphatic carbocycles. The molecule has 3 heterocycles. The predicted molar refractivity (Wildman–Crippen MR) is 100 cm³/mol. The monoisotopic (exact) mass is 345 g/mol. The largest absolute Gasteiger partial charge is 0.357 e. The Balaban J connectivity index is 1.47. The zero-order chi connectivity index (χ0) is 17.6. The van der Waals surface area contributed by atoms with E-state index in [2.05, 4.69) is 52.0 Å². The lowest BCUT2D eigenvalue weighted by molar-refractivity contribution is -0.123. The first-order chi connectivity index (χ1) is 12.1. The van der Waals surface area contributed by atoms with E-state index < -0.39 is 0 Å². The van der Waals surface area contributed by atoms with E-state index in [-0.39, 0.29) is 11.9 Å². The van der Waals surface area contributed by atoms with Crippen molar-refractivity contribution in [3.05, 3.63) is 23.9 Å². The van der Waals surface area contributed by atoms with Crippen LogP contribution in [0.2, 0.25) is 0 Å². The summed E-state index contributed by atoms with van der Waals surface area (Å²) in [6, 6.07) is 4.35. The molecule has 3 rings (SSSR count). The Bertz CT molecular complexity index is 551. The second-order valence-corrected chi connectivity index (χ2v) is 7.57. The standard InChI is InChI=1S/C19H31N5O/c1-14(2)16-11-17(23-22-16)19(25)21-13-15-7-8-18(20-12-15)24-9-5-3-4-6-10-24/h7-8,12,14,16-17,22-23H,3-6,9-11,13H2,1-2H3,(H,21,25). The molecule has 138 valence electrons. The quantitative estimate of drug-likeness (QED) is 0.761. The number of hydrogen-bond donors (Lipinski definition) is 3. The minimum atomic E-state index is -0.156. The van der Waals surface area contributed by atoms with Gasteiger partial charge in [0.2, 0.25) is 5.91 Å². The average Bonchev–Trinajstić information content (AvgIpc) is 2.97. The Morgan fingerprint density at radius 3 is 2.60 bits per heavy atom. The highest BCUT2D eigenvalue weighted by Gasteiger charge is 2.30. The maximum Gasteiger partial charge on any atom is 0.238 e. The molecule has 1 aromatic rings. The summed E-state index contributed by atoms with van der Waals surface area (Å²) in [7, 11) is 0. The van der Waals surface area contributed by atoms with Gasteiger partial charge in [-0.25, -0.2) is 10.4 Å². The molecule has 0 spiro atoms. The lowest BCUT2D eigenvalue weighted by atomic mass is 9.99. The molecule has 0 aromatic carbocycles. The summed E-state index contributed by atoms with van der Waals surface area (Å²) in [5, 5.41) is 3.01. The molecule has 2 aliphatic rings. The number of nitrogens with zero attached hydrogens (tertiary/aromatic N) is 2. The van der Waals surface area contributed by atoms with Crippen LogP contribution in [-0.2, 0) is 11.3 Å². The first-order valence-corrected chi connectivity index (χ1v) is 9.62. The maximum atomic E-state index is 12.3. The van der Waals surface area contributed by atoms with Gasteiger partial charge in [-0.05, 0) is 36.8 Å². The van der Waals surface area contributed by atoms with Crippen molar-refractivity contribution in [2.45, 2.75) is 64.6 Å². The van der Waals surface area contributed by atoms with Crippen molar-refractivity contribution in [1.29, 1.82) is 0 Å². The van der Waals surface area contributed by atoms with Crippen LogP contribution >= 0.6 is 0 Å². The van der Waals surface area contributed by atoms with Crippen LogP contribution in [0.1, 0.15) is 51.5 Å². The number of rotatable bonds is 5. The second kappa shape index (κ2) is 8.63. The SMILES string of the molecule is CC(C)C1CC(C(=O)NCc2ccc(N3CCCCCC3)nc2)NN1. The number of pyridine rings is 1. The Morgan fingerprint density at radius 2 is 2.00 bits per heavy atom. The van der Waals surface area contributed by atoms with Crippen molar-refractivity contribution >= 4 is 11.7 Å². The molecule has 0 radical (unpaired) electrons. The first kappa shape index (κ1) is 18.1. The van der Waals surface area contributed by atoms with Crippen LogP contribution in [0.3, 0.4) is 0 Å². The van der Waals surface area contributed by atoms with E-state index in [0.717, 1.165) is 30.9 Å². The van der Waals surface area contributed by atoms with Gasteiger partial charge < -0.3 is 10.2 Å². The number of hydrazine groups is 1. The number of hydrogen-bond acceptors (Lipinski definition) is 5. The van der Waals surface area contributed by atoms with Crippen LogP contribution in [0.25, 0.3) is 0 Å². The first-order valence-electron chi connectivity index (χ1n) is 9.62. The van der Waals surface area contributed by atoms with Gasteiger partial charge in [-0.15, -0.1) is 0 Å². The normalized spacial score (nSPS) is 24.4. The Kier molecular flexibility index (Phi) is 6.26. The van der Waals surface area contributed by atoms with E-state index in [0.29, 0.717) is 18.5 Å². The third-order valence-electron chi connectivity index (χ3n) is 5.26. The number of anilines is 1. The van der Waals surface area contributed by atoms with E-state index >= 15 is 0 Å². The van der Waals surface area contributed by atoms with Gasteiger partial charge in [0.1, 0.15) is 11.9 Å². The van der Waals surface area contributed by atoms with Gasteiger partial charge in [-0.2, -0.15) is 0 Å². The number of aromatic nitrogens is 1. The van der Waals surface area contributed by atoms with Crippen molar-refractivity contribution < 1.29 is 4.79 Å². The van der Waals surface area contributed by atoms with Crippen molar-refractivity contribution in [3.63, 3.8) is 0 Å². The molecule has 3 N–H and O–H groups in total. The molecule has 25 heavy (non-hydrogen) atoms. The summed E-state index contributed by atoms with van der Waals surface area (Å²) in [5.74, 6) is 1.62. The molecule has 2 aliphatic heterocycles. The maximum absolute atomic E-state index is 12.3. The smallest absolute Gasteiger partial charge is 0.238 e. The zero-order valence-corrected chi connectivity index (χ0v) is 15.4. The van der Waals surface area contributed by atoms with Crippen LogP contribution < -0.4 is 21.1 Å². The summed E-state index contributed by atoms with van der Waals surface area (Å²) in [6.45, 7) is 7.05. The van der Waals surface area contributed by atoms with Gasteiger partial charge in [0.25, 0.3) is 0 Å². The molecule has 0 bridgehead atoms. The van der Waals surface area contributed by atoms with Crippen molar-refractivity contribution in [2.75, 3.05) is 18.0 Å². The van der Waals surface area contributed by atoms with Crippen molar-refractivity contribution in [3.8, 4) is 0 Å². The van der Waals surface area contributed by atoms with E-state index in [1.807, 2.05) is 6.20 Å². The molecule has 1 amide bonds. The highest BCUT2D eigenvalue weighted by Crippen LogP contribution is 2.17. The fourth-order valence-corrected chi connectivity index (χ4v) is 3.51. The topological polar surface area (TPSA) is 69.3 Å². The summed E-state index contributed by atoms with van der Waals surface area (Å²) >= 11 is 0. The van der Waals surface area contributed by atoms with Crippen LogP contribution in [0, 0.1) is 5.92 Å². The minimum Gasteiger partial charge on any atom is -0.357 e. The molecule has 6 heteroatoms. The third-order valence-corrected chi connectivity index (χ3v) is 5.26. The lowest BCUT2D eigenvalue weighted by Gasteiger charge is -2.21. The van der Waals surface area contributed by atoms with Gasteiger partial charge >= 0.3 is 0 Å². The summed E-state index contributed by atoms with van der Waals surface area (Å²) in [5.41, 5.74) is 7.34. The number of amides is 1. The molecular weight excluding hydrogens is 314 g/mol. The van der Waals surface area contributed by atoms with Crippen LogP contribution in [0.15, 0.2) is 18.3 Å². The average molecular weight is 345 g/mol. The van der Waals surface area contributed by atoms with Gasteiger partial charge in [-0.3, -0.25) is 10.2 Å². The second-order valence-electron chi connectivity index (χ2n) is 7.57. The number of nitrogens with one attached hydrogen (secondary N) is 3. The summed E-state index contributed by atoms with van der Waals surface area (Å²) in [6.07, 6.45) is 7.86. The highest BCUT2D eigenvalue weighted by molar-refractivity contribution is 5.82. The molecule has 2 fully saturated rings. The lowest BCUT2D eigenvalue weighted by Crippen LogP contribution is -2.43. The Hall–Kier alpha value is -1.66. The van der Waals surface area contributed by atoms with Crippen LogP contribution in [0.4, 0.5) is 5.82 Å². The van der Waals surface area contributed by atoms with Gasteiger partial charge in [-0.1, -0.05) is 32.8 Å². The number of carbonyl (C=O) groups excluding carboxylic acids is 1. The summed E-state index contributed by atoms with van der Waals surface area (Å²) < 4.78 is 0. The minimum absolute atomic E-state index is 0.0484. The van der Waals surface area contributed by atoms with E-state index in [1.54, 1.807) is 0 Å². The molecule has 1 aromatic heterocycles. The Labute approximate surface area is 150 Å². The Morgan fingerprint density at radius 1 is 1.24 bits per heavy atom. The zero-order valence-electron chi connectivity index (χ0n) is 15.4. The number of carbonyl (C=O) groups is 1. The highest BCUT2D eigenvalue weighted by atomic mass is 16.2. The fraction of sp³-hybridized carbons (Fsp3) is 0.684. The summed E-state index contributed by atoms with van der Waals surface area (Å²) in [4.78, 5) is 19.3. The van der Waals surface area contributed by atoms with E-state index in [4.69, 9.17) is 0 Å². The van der Waals surface area contributed by atoms with Gasteiger partial charge in [0.15, 0.2) is 0 Å². The molecule has 2 unspecified atom stereocenters. The molecular formula is C19H31N5O. The molecule has 6 nitrogen and oxygen atoms in total. The van der Waals surface area contributed by atoms with Crippen LogP contribution in [0.5, 0.6) is 0 Å². The van der Waals surface area contributed by atoms with E-state index in [9.17, 15) is 4.79 Å². The van der Waals surface area contributed by atoms with Gasteiger partial charge in [0.05, 0.1) is 0 Å². The fourth-order valence-electron chi connectivity index (χ4n) is 3.51. The third kappa shape index (κ3) is 4.92.